The van der Waals surface area contributed by atoms with Crippen molar-refractivity contribution in [3.05, 3.63) is 0 Å². The zero-order valence-corrected chi connectivity index (χ0v) is 8.88. The molecule has 12 heavy (non-hydrogen) atoms. The van der Waals surface area contributed by atoms with Crippen LogP contribution in [-0.2, 0) is 0 Å². The van der Waals surface area contributed by atoms with Crippen LogP contribution in [0.15, 0.2) is 0 Å². The van der Waals surface area contributed by atoms with Gasteiger partial charge in [-0.05, 0) is 31.2 Å². The number of unbranched alkanes of at least 4 members (excludes halogenated alkanes) is 4. The Morgan fingerprint density at radius 2 is 1.50 bits per heavy atom. The van der Waals surface area contributed by atoms with E-state index in [0.717, 1.165) is 6.42 Å². The van der Waals surface area contributed by atoms with E-state index in [2.05, 4.69) is 20.8 Å². The van der Waals surface area contributed by atoms with Gasteiger partial charge in [-0.1, -0.05) is 39.0 Å². The van der Waals surface area contributed by atoms with Gasteiger partial charge in [-0.3, -0.25) is 0 Å². The summed E-state index contributed by atoms with van der Waals surface area (Å²) in [6, 6.07) is 0. The average Bonchev–Trinajstić information content (AvgIpc) is 1.85. The Kier molecular flexibility index (Phi) is 10.2. The fourth-order valence-corrected chi connectivity index (χ4v) is 1.28. The molecule has 0 bridgehead atoms. The minimum Gasteiger partial charge on any atom is -0.120 e. The highest BCUT2D eigenvalue weighted by atomic mass is 35.5. The molecule has 0 aliphatic rings. The summed E-state index contributed by atoms with van der Waals surface area (Å²) in [5, 5.41) is 0. The van der Waals surface area contributed by atoms with Crippen LogP contribution in [0.25, 0.3) is 0 Å². The van der Waals surface area contributed by atoms with Crippen LogP contribution in [0.2, 0.25) is 0 Å². The fraction of sp³-hybridized carbons (Fsp3) is 1.00. The van der Waals surface area contributed by atoms with Crippen LogP contribution in [-0.4, -0.2) is 15.8 Å². The van der Waals surface area contributed by atoms with Gasteiger partial charge < -0.3 is 0 Å². The Bertz CT molecular complexity index is 86.3. The molecule has 0 atom stereocenters. The SMILES string of the molecule is CCCCCCCC(C)(C)Cl.[SiH4]. The number of alkyl halides is 1. The van der Waals surface area contributed by atoms with Crippen molar-refractivity contribution in [2.24, 2.45) is 0 Å². The molecule has 0 fully saturated rings. The van der Waals surface area contributed by atoms with Crippen LogP contribution in [0.5, 0.6) is 0 Å². The lowest BCUT2D eigenvalue weighted by Crippen LogP contribution is -2.08. The van der Waals surface area contributed by atoms with Gasteiger partial charge >= 0.3 is 0 Å². The quantitative estimate of drug-likeness (QED) is 0.358. The number of hydrogen-bond donors (Lipinski definition) is 0. The third-order valence-electron chi connectivity index (χ3n) is 1.87. The second kappa shape index (κ2) is 8.12. The van der Waals surface area contributed by atoms with Gasteiger partial charge in [0.15, 0.2) is 0 Å². The Balaban J connectivity index is 0. The van der Waals surface area contributed by atoms with Gasteiger partial charge in [-0.2, -0.15) is 0 Å². The molecule has 0 unspecified atom stereocenters. The molecule has 0 aliphatic heterocycles. The molecule has 0 spiro atoms. The summed E-state index contributed by atoms with van der Waals surface area (Å²) in [6.45, 7) is 6.42. The summed E-state index contributed by atoms with van der Waals surface area (Å²) >= 11 is 6.05. The lowest BCUT2D eigenvalue weighted by molar-refractivity contribution is 0.543. The molecular formula is C10H25ClSi. The molecule has 0 radical (unpaired) electrons. The van der Waals surface area contributed by atoms with Crippen LogP contribution in [0.3, 0.4) is 0 Å². The van der Waals surface area contributed by atoms with Gasteiger partial charge in [-0.25, -0.2) is 0 Å². The van der Waals surface area contributed by atoms with Crippen LogP contribution >= 0.6 is 11.6 Å². The smallest absolute Gasteiger partial charge is 0.0390 e. The summed E-state index contributed by atoms with van der Waals surface area (Å²) in [7, 11) is 0. The van der Waals surface area contributed by atoms with E-state index in [1.807, 2.05) is 0 Å². The van der Waals surface area contributed by atoms with Crippen LogP contribution in [0, 0.1) is 0 Å². The van der Waals surface area contributed by atoms with Crippen molar-refractivity contribution < 1.29 is 0 Å². The van der Waals surface area contributed by atoms with Gasteiger partial charge in [0.2, 0.25) is 0 Å². The average molecular weight is 209 g/mol. The van der Waals surface area contributed by atoms with Gasteiger partial charge in [0.1, 0.15) is 0 Å². The van der Waals surface area contributed by atoms with E-state index in [1.165, 1.54) is 32.1 Å². The minimum absolute atomic E-state index is 0. The van der Waals surface area contributed by atoms with E-state index >= 15 is 0 Å². The van der Waals surface area contributed by atoms with Gasteiger partial charge in [0, 0.05) is 4.87 Å². The first-order valence-corrected chi connectivity index (χ1v) is 5.13. The second-order valence-corrected chi connectivity index (χ2v) is 4.91. The number of rotatable bonds is 6. The van der Waals surface area contributed by atoms with E-state index in [9.17, 15) is 0 Å². The minimum atomic E-state index is 0. The van der Waals surface area contributed by atoms with Gasteiger partial charge in [-0.15, -0.1) is 11.6 Å². The molecule has 76 valence electrons. The summed E-state index contributed by atoms with van der Waals surface area (Å²) < 4.78 is 0. The topological polar surface area (TPSA) is 0 Å². The highest BCUT2D eigenvalue weighted by Gasteiger charge is 2.11. The predicted octanol–water partition coefficient (Wildman–Crippen LogP) is 2.91. The molecule has 0 saturated carbocycles. The zero-order valence-electron chi connectivity index (χ0n) is 8.12. The largest absolute Gasteiger partial charge is 0.120 e. The summed E-state index contributed by atoms with van der Waals surface area (Å²) in [4.78, 5) is 0.0201. The maximum atomic E-state index is 6.05. The van der Waals surface area contributed by atoms with Gasteiger partial charge in [0.05, 0.1) is 0 Å². The highest BCUT2D eigenvalue weighted by molar-refractivity contribution is 6.23. The standard InChI is InChI=1S/C10H21Cl.H4Si/c1-4-5-6-7-8-9-10(2,3)11;/h4-9H2,1-3H3;1H4. The van der Waals surface area contributed by atoms with Crippen LogP contribution in [0.4, 0.5) is 0 Å². The van der Waals surface area contributed by atoms with Crippen molar-refractivity contribution in [3.8, 4) is 0 Å². The lowest BCUT2D eigenvalue weighted by atomic mass is 10.0. The van der Waals surface area contributed by atoms with E-state index in [-0.39, 0.29) is 15.8 Å². The first-order chi connectivity index (χ1) is 5.06. The molecule has 0 aromatic rings. The molecular weight excluding hydrogens is 184 g/mol. The molecule has 2 heteroatoms. The first kappa shape index (κ1) is 15.0. The molecule has 0 heterocycles. The van der Waals surface area contributed by atoms with Crippen molar-refractivity contribution >= 4 is 22.6 Å². The Morgan fingerprint density at radius 3 is 1.92 bits per heavy atom. The van der Waals surface area contributed by atoms with E-state index in [4.69, 9.17) is 11.6 Å². The van der Waals surface area contributed by atoms with Crippen molar-refractivity contribution in [2.75, 3.05) is 0 Å². The third kappa shape index (κ3) is 13.1. The number of hydrogen-bond acceptors (Lipinski definition) is 0. The van der Waals surface area contributed by atoms with Crippen LogP contribution in [0.1, 0.15) is 59.3 Å². The monoisotopic (exact) mass is 208 g/mol. The maximum Gasteiger partial charge on any atom is 0.0390 e. The molecule has 0 aliphatic carbocycles. The lowest BCUT2D eigenvalue weighted by Gasteiger charge is -2.14. The Hall–Kier alpha value is 0.507. The summed E-state index contributed by atoms with van der Waals surface area (Å²) in [6.07, 6.45) is 7.87. The Labute approximate surface area is 87.1 Å². The van der Waals surface area contributed by atoms with Crippen molar-refractivity contribution in [2.45, 2.75) is 64.2 Å². The zero-order chi connectivity index (χ0) is 8.74. The molecule has 0 N–H and O–H groups in total. The summed E-state index contributed by atoms with van der Waals surface area (Å²) in [5.41, 5.74) is 0. The van der Waals surface area contributed by atoms with Crippen LogP contribution < -0.4 is 0 Å². The molecule has 0 rings (SSSR count). The van der Waals surface area contributed by atoms with E-state index in [0.29, 0.717) is 0 Å². The molecule has 0 amide bonds. The highest BCUT2D eigenvalue weighted by Crippen LogP contribution is 2.21. The van der Waals surface area contributed by atoms with E-state index in [1.54, 1.807) is 0 Å². The fourth-order valence-electron chi connectivity index (χ4n) is 1.15. The normalized spacial score (nSPS) is 11.0. The maximum absolute atomic E-state index is 6.05. The molecule has 0 nitrogen and oxygen atoms in total. The van der Waals surface area contributed by atoms with Crippen molar-refractivity contribution in [1.29, 1.82) is 0 Å². The predicted molar refractivity (Wildman–Crippen MR) is 64.6 cm³/mol. The molecule has 0 aromatic carbocycles. The third-order valence-corrected chi connectivity index (χ3v) is 2.06. The van der Waals surface area contributed by atoms with Gasteiger partial charge in [0.25, 0.3) is 0 Å². The van der Waals surface area contributed by atoms with Crippen molar-refractivity contribution in [1.82, 2.24) is 0 Å². The molecule has 0 saturated heterocycles. The van der Waals surface area contributed by atoms with E-state index < -0.39 is 0 Å². The second-order valence-electron chi connectivity index (χ2n) is 3.88. The van der Waals surface area contributed by atoms with Crippen molar-refractivity contribution in [3.63, 3.8) is 0 Å². The summed E-state index contributed by atoms with van der Waals surface area (Å²) in [5.74, 6) is 0. The number of halogens is 1. The Morgan fingerprint density at radius 1 is 1.00 bits per heavy atom. The first-order valence-electron chi connectivity index (χ1n) is 4.75. The molecule has 0 aromatic heterocycles.